The van der Waals surface area contributed by atoms with Crippen LogP contribution in [0.2, 0.25) is 0 Å². The number of fused-ring (bicyclic) bond motifs is 1. The topological polar surface area (TPSA) is 79.5 Å². The van der Waals surface area contributed by atoms with Crippen LogP contribution in [0, 0.1) is 18.8 Å². The Kier molecular flexibility index (Phi) is 3.20. The van der Waals surface area contributed by atoms with Gasteiger partial charge in [-0.15, -0.1) is 0 Å². The molecule has 21 heavy (non-hydrogen) atoms. The number of benzene rings is 1. The molecule has 5 nitrogen and oxygen atoms in total. The molecule has 1 fully saturated rings. The van der Waals surface area contributed by atoms with Gasteiger partial charge in [-0.2, -0.15) is 0 Å². The largest absolute Gasteiger partial charge is 0.481 e. The van der Waals surface area contributed by atoms with Crippen LogP contribution in [-0.2, 0) is 9.59 Å². The van der Waals surface area contributed by atoms with Gasteiger partial charge < -0.3 is 14.8 Å². The molecular formula is C16H17NO4. The number of hydrogen-bond acceptors (Lipinski definition) is 3. The Morgan fingerprint density at radius 3 is 2.67 bits per heavy atom. The van der Waals surface area contributed by atoms with Gasteiger partial charge in [-0.25, -0.2) is 0 Å². The van der Waals surface area contributed by atoms with Gasteiger partial charge in [0.2, 0.25) is 5.91 Å². The summed E-state index contributed by atoms with van der Waals surface area (Å²) < 4.78 is 5.80. The molecule has 1 amide bonds. The molecule has 2 N–H and O–H groups in total. The highest BCUT2D eigenvalue weighted by Crippen LogP contribution is 2.39. The maximum atomic E-state index is 12.0. The van der Waals surface area contributed by atoms with E-state index in [-0.39, 0.29) is 11.9 Å². The highest BCUT2D eigenvalue weighted by molar-refractivity contribution is 5.90. The summed E-state index contributed by atoms with van der Waals surface area (Å²) in [5, 5.41) is 12.7. The number of rotatable bonds is 4. The first kappa shape index (κ1) is 13.7. The fourth-order valence-corrected chi connectivity index (χ4v) is 2.75. The molecular weight excluding hydrogens is 270 g/mol. The lowest BCUT2D eigenvalue weighted by Crippen LogP contribution is -2.29. The van der Waals surface area contributed by atoms with Crippen molar-refractivity contribution in [1.82, 2.24) is 5.32 Å². The van der Waals surface area contributed by atoms with E-state index in [1.54, 1.807) is 0 Å². The first-order chi connectivity index (χ1) is 9.99. The van der Waals surface area contributed by atoms with E-state index in [1.807, 2.05) is 38.1 Å². The van der Waals surface area contributed by atoms with Gasteiger partial charge in [-0.3, -0.25) is 9.59 Å². The van der Waals surface area contributed by atoms with Crippen LogP contribution in [0.1, 0.15) is 30.7 Å². The van der Waals surface area contributed by atoms with Crippen LogP contribution in [-0.4, -0.2) is 17.0 Å². The SMILES string of the molecule is Cc1c([C@H](C)NC(=O)C2CC2C(=O)O)oc2ccccc12. The maximum Gasteiger partial charge on any atom is 0.307 e. The molecule has 3 rings (SSSR count). The number of carbonyl (C=O) groups is 2. The highest BCUT2D eigenvalue weighted by atomic mass is 16.4. The van der Waals surface area contributed by atoms with Crippen molar-refractivity contribution >= 4 is 22.8 Å². The Morgan fingerprint density at radius 2 is 2.05 bits per heavy atom. The van der Waals surface area contributed by atoms with E-state index in [0.29, 0.717) is 6.42 Å². The second kappa shape index (κ2) is 4.91. The number of aliphatic carboxylic acids is 1. The van der Waals surface area contributed by atoms with Crippen LogP contribution >= 0.6 is 0 Å². The molecule has 110 valence electrons. The molecule has 0 saturated heterocycles. The smallest absolute Gasteiger partial charge is 0.307 e. The van der Waals surface area contributed by atoms with Gasteiger partial charge in [0, 0.05) is 10.9 Å². The van der Waals surface area contributed by atoms with Crippen LogP contribution in [0.4, 0.5) is 0 Å². The number of hydrogen-bond donors (Lipinski definition) is 2. The van der Waals surface area contributed by atoms with Crippen molar-refractivity contribution in [2.75, 3.05) is 0 Å². The fraction of sp³-hybridized carbons (Fsp3) is 0.375. The molecule has 1 aliphatic carbocycles. The third-order valence-electron chi connectivity index (χ3n) is 4.08. The summed E-state index contributed by atoms with van der Waals surface area (Å²) in [5.74, 6) is -1.34. The summed E-state index contributed by atoms with van der Waals surface area (Å²) >= 11 is 0. The van der Waals surface area contributed by atoms with Gasteiger partial charge in [0.15, 0.2) is 0 Å². The molecule has 0 radical (unpaired) electrons. The summed E-state index contributed by atoms with van der Waals surface area (Å²) in [6.45, 7) is 3.81. The molecule has 1 aromatic carbocycles. The second-order valence-corrected chi connectivity index (χ2v) is 5.60. The molecule has 2 unspecified atom stereocenters. The summed E-state index contributed by atoms with van der Waals surface area (Å²) in [6.07, 6.45) is 0.424. The summed E-state index contributed by atoms with van der Waals surface area (Å²) in [6, 6.07) is 7.44. The standard InChI is InChI=1S/C16H17NO4/c1-8-10-5-3-4-6-13(10)21-14(8)9(2)17-15(18)11-7-12(11)16(19)20/h3-6,9,11-12H,7H2,1-2H3,(H,17,18)(H,19,20)/t9-,11?,12?/m0/s1. The van der Waals surface area contributed by atoms with Crippen LogP contribution < -0.4 is 5.32 Å². The number of carboxylic acids is 1. The second-order valence-electron chi connectivity index (χ2n) is 5.60. The van der Waals surface area contributed by atoms with Crippen molar-refractivity contribution in [3.05, 3.63) is 35.6 Å². The zero-order valence-corrected chi connectivity index (χ0v) is 11.9. The van der Waals surface area contributed by atoms with E-state index >= 15 is 0 Å². The summed E-state index contributed by atoms with van der Waals surface area (Å²) in [7, 11) is 0. The van der Waals surface area contributed by atoms with Crippen molar-refractivity contribution in [2.45, 2.75) is 26.3 Å². The molecule has 5 heteroatoms. The van der Waals surface area contributed by atoms with Crippen LogP contribution in [0.15, 0.2) is 28.7 Å². The Labute approximate surface area is 121 Å². The molecule has 0 bridgehead atoms. The lowest BCUT2D eigenvalue weighted by Gasteiger charge is -2.12. The summed E-state index contributed by atoms with van der Waals surface area (Å²) in [5.41, 5.74) is 1.80. The number of carbonyl (C=O) groups excluding carboxylic acids is 1. The van der Waals surface area contributed by atoms with E-state index < -0.39 is 17.8 Å². The van der Waals surface area contributed by atoms with Crippen molar-refractivity contribution in [2.24, 2.45) is 11.8 Å². The number of para-hydroxylation sites is 1. The third-order valence-corrected chi connectivity index (χ3v) is 4.08. The van der Waals surface area contributed by atoms with E-state index in [1.165, 1.54) is 0 Å². The van der Waals surface area contributed by atoms with Gasteiger partial charge in [-0.05, 0) is 26.3 Å². The molecule has 0 spiro atoms. The molecule has 1 aliphatic rings. The predicted molar refractivity (Wildman–Crippen MR) is 76.7 cm³/mol. The highest BCUT2D eigenvalue weighted by Gasteiger charge is 2.48. The minimum Gasteiger partial charge on any atom is -0.481 e. The van der Waals surface area contributed by atoms with Gasteiger partial charge in [0.1, 0.15) is 11.3 Å². The zero-order chi connectivity index (χ0) is 15.1. The normalized spacial score (nSPS) is 22.0. The number of amides is 1. The van der Waals surface area contributed by atoms with E-state index in [0.717, 1.165) is 22.3 Å². The average Bonchev–Trinajstić information content (AvgIpc) is 3.19. The number of carboxylic acid groups (broad SMARTS) is 1. The quantitative estimate of drug-likeness (QED) is 0.906. The number of furan rings is 1. The van der Waals surface area contributed by atoms with E-state index in [9.17, 15) is 9.59 Å². The molecule has 3 atom stereocenters. The van der Waals surface area contributed by atoms with Crippen molar-refractivity contribution in [3.63, 3.8) is 0 Å². The minimum absolute atomic E-state index is 0.213. The Bertz CT molecular complexity index is 718. The summed E-state index contributed by atoms with van der Waals surface area (Å²) in [4.78, 5) is 22.8. The molecule has 2 aromatic rings. The van der Waals surface area contributed by atoms with Crippen LogP contribution in [0.3, 0.4) is 0 Å². The zero-order valence-electron chi connectivity index (χ0n) is 11.9. The van der Waals surface area contributed by atoms with Gasteiger partial charge in [0.25, 0.3) is 0 Å². The van der Waals surface area contributed by atoms with Crippen molar-refractivity contribution < 1.29 is 19.1 Å². The monoisotopic (exact) mass is 287 g/mol. The lowest BCUT2D eigenvalue weighted by molar-refractivity contribution is -0.140. The maximum absolute atomic E-state index is 12.0. The Morgan fingerprint density at radius 1 is 1.33 bits per heavy atom. The molecule has 0 aliphatic heterocycles. The Hall–Kier alpha value is -2.30. The van der Waals surface area contributed by atoms with Gasteiger partial charge >= 0.3 is 5.97 Å². The number of aryl methyl sites for hydroxylation is 1. The van der Waals surface area contributed by atoms with Crippen LogP contribution in [0.5, 0.6) is 0 Å². The van der Waals surface area contributed by atoms with Crippen LogP contribution in [0.25, 0.3) is 11.0 Å². The van der Waals surface area contributed by atoms with E-state index in [2.05, 4.69) is 5.32 Å². The minimum atomic E-state index is -0.900. The molecule has 1 heterocycles. The third kappa shape index (κ3) is 2.39. The molecule has 1 aromatic heterocycles. The van der Waals surface area contributed by atoms with Gasteiger partial charge in [0.05, 0.1) is 17.9 Å². The Balaban J connectivity index is 1.75. The van der Waals surface area contributed by atoms with E-state index in [4.69, 9.17) is 9.52 Å². The van der Waals surface area contributed by atoms with Gasteiger partial charge in [-0.1, -0.05) is 18.2 Å². The predicted octanol–water partition coefficient (Wildman–Crippen LogP) is 2.64. The fourth-order valence-electron chi connectivity index (χ4n) is 2.75. The first-order valence-electron chi connectivity index (χ1n) is 7.00. The first-order valence-corrected chi connectivity index (χ1v) is 7.00. The number of nitrogens with one attached hydrogen (secondary N) is 1. The van der Waals surface area contributed by atoms with Crippen molar-refractivity contribution in [1.29, 1.82) is 0 Å². The molecule has 1 saturated carbocycles. The average molecular weight is 287 g/mol. The van der Waals surface area contributed by atoms with Crippen molar-refractivity contribution in [3.8, 4) is 0 Å². The lowest BCUT2D eigenvalue weighted by atomic mass is 10.1.